The summed E-state index contributed by atoms with van der Waals surface area (Å²) in [6.45, 7) is 0. The van der Waals surface area contributed by atoms with Crippen molar-refractivity contribution < 1.29 is 4.79 Å². The molecule has 1 aliphatic rings. The van der Waals surface area contributed by atoms with Crippen LogP contribution in [-0.4, -0.2) is 11.9 Å². The van der Waals surface area contributed by atoms with Crippen molar-refractivity contribution in [1.29, 1.82) is 0 Å². The Morgan fingerprint density at radius 2 is 1.74 bits per heavy atom. The first kappa shape index (κ1) is 15.9. The Hall–Kier alpha value is -2.01. The normalized spacial score (nSPS) is 17.4. The van der Waals surface area contributed by atoms with Crippen molar-refractivity contribution in [3.8, 4) is 0 Å². The molecule has 4 nitrogen and oxygen atoms in total. The summed E-state index contributed by atoms with van der Waals surface area (Å²) in [7, 11) is 0. The van der Waals surface area contributed by atoms with E-state index < -0.39 is 0 Å². The van der Waals surface area contributed by atoms with Crippen molar-refractivity contribution in [2.75, 3.05) is 0 Å². The second kappa shape index (κ2) is 6.62. The van der Waals surface area contributed by atoms with Gasteiger partial charge in [0, 0.05) is 10.0 Å². The average molecular weight is 367 g/mol. The van der Waals surface area contributed by atoms with Gasteiger partial charge in [0.2, 0.25) is 5.96 Å². The van der Waals surface area contributed by atoms with Crippen molar-refractivity contribution in [3.63, 3.8) is 0 Å². The lowest BCUT2D eigenvalue weighted by atomic mass is 10.2. The zero-order chi connectivity index (χ0) is 16.4. The van der Waals surface area contributed by atoms with Crippen LogP contribution in [0.3, 0.4) is 0 Å². The molecule has 1 amide bonds. The summed E-state index contributed by atoms with van der Waals surface area (Å²) < 4.78 is 0. The van der Waals surface area contributed by atoms with Gasteiger partial charge in [-0.1, -0.05) is 53.0 Å². The minimum atomic E-state index is -0.304. The third kappa shape index (κ3) is 3.67. The highest BCUT2D eigenvalue weighted by Gasteiger charge is 2.22. The van der Waals surface area contributed by atoms with E-state index in [1.165, 1.54) is 0 Å². The molecule has 23 heavy (non-hydrogen) atoms. The molecule has 0 atom stereocenters. The number of carbonyl (C=O) groups is 1. The molecule has 3 rings (SSSR count). The highest BCUT2D eigenvalue weighted by atomic mass is 35.5. The van der Waals surface area contributed by atoms with Crippen LogP contribution in [0, 0.1) is 0 Å². The van der Waals surface area contributed by atoms with Gasteiger partial charge in [-0.2, -0.15) is 0 Å². The molecule has 2 aromatic carbocycles. The molecule has 1 saturated heterocycles. The number of carbonyl (C=O) groups excluding carboxylic acids is 1. The zero-order valence-corrected chi connectivity index (χ0v) is 13.9. The van der Waals surface area contributed by atoms with E-state index in [2.05, 4.69) is 15.6 Å². The van der Waals surface area contributed by atoms with Gasteiger partial charge in [0.1, 0.15) is 5.70 Å². The van der Waals surface area contributed by atoms with Crippen LogP contribution < -0.4 is 10.6 Å². The molecule has 1 aliphatic heterocycles. The molecule has 116 valence electrons. The fourth-order valence-corrected chi connectivity index (χ4v) is 2.63. The maximum absolute atomic E-state index is 12.0. The zero-order valence-electron chi connectivity index (χ0n) is 11.6. The minimum absolute atomic E-state index is 0.304. The Bertz CT molecular complexity index is 846. The summed E-state index contributed by atoms with van der Waals surface area (Å²) in [6.07, 6.45) is 1.63. The highest BCUT2D eigenvalue weighted by Crippen LogP contribution is 2.25. The SMILES string of the molecule is O=C1NC(=Nc2ccccc2Cl)N/C1=C\c1ccc(Cl)cc1Cl. The van der Waals surface area contributed by atoms with E-state index in [0.29, 0.717) is 38.0 Å². The molecule has 1 fully saturated rings. The molecular weight excluding hydrogens is 357 g/mol. The number of halogens is 3. The van der Waals surface area contributed by atoms with Gasteiger partial charge in [0.25, 0.3) is 5.91 Å². The second-order valence-corrected chi connectivity index (χ2v) is 5.97. The second-order valence-electron chi connectivity index (χ2n) is 4.71. The molecule has 2 aromatic rings. The van der Waals surface area contributed by atoms with Crippen molar-refractivity contribution in [2.45, 2.75) is 0 Å². The molecule has 0 spiro atoms. The molecule has 7 heteroatoms. The number of guanidine groups is 1. The first-order valence-electron chi connectivity index (χ1n) is 6.61. The van der Waals surface area contributed by atoms with Gasteiger partial charge in [-0.05, 0) is 35.9 Å². The maximum atomic E-state index is 12.0. The van der Waals surface area contributed by atoms with Gasteiger partial charge in [-0.15, -0.1) is 0 Å². The standard InChI is InChI=1S/C16H10Cl3N3O/c17-10-6-5-9(12(19)8-10)7-14-15(23)22-16(21-14)20-13-4-2-1-3-11(13)18/h1-8H,(H2,20,21,22,23)/b14-7-. The van der Waals surface area contributed by atoms with E-state index >= 15 is 0 Å². The third-order valence-electron chi connectivity index (χ3n) is 3.08. The quantitative estimate of drug-likeness (QED) is 0.774. The van der Waals surface area contributed by atoms with Gasteiger partial charge in [0.15, 0.2) is 0 Å². The number of amides is 1. The number of benzene rings is 2. The predicted molar refractivity (Wildman–Crippen MR) is 94.3 cm³/mol. The van der Waals surface area contributed by atoms with Crippen molar-refractivity contribution in [3.05, 3.63) is 68.8 Å². The molecule has 0 aliphatic carbocycles. The molecule has 2 N–H and O–H groups in total. The van der Waals surface area contributed by atoms with E-state index in [9.17, 15) is 4.79 Å². The topological polar surface area (TPSA) is 53.5 Å². The summed E-state index contributed by atoms with van der Waals surface area (Å²) >= 11 is 18.0. The van der Waals surface area contributed by atoms with Gasteiger partial charge in [-0.25, -0.2) is 4.99 Å². The number of para-hydroxylation sites is 1. The van der Waals surface area contributed by atoms with Gasteiger partial charge in [0.05, 0.1) is 10.7 Å². The van der Waals surface area contributed by atoms with E-state index in [0.717, 1.165) is 0 Å². The summed E-state index contributed by atoms with van der Waals surface area (Å²) in [6, 6.07) is 12.1. The maximum Gasteiger partial charge on any atom is 0.274 e. The third-order valence-corrected chi connectivity index (χ3v) is 3.96. The molecule has 1 heterocycles. The van der Waals surface area contributed by atoms with Crippen molar-refractivity contribution in [2.24, 2.45) is 4.99 Å². The van der Waals surface area contributed by atoms with Crippen LogP contribution in [-0.2, 0) is 4.79 Å². The van der Waals surface area contributed by atoms with Crippen LogP contribution >= 0.6 is 34.8 Å². The van der Waals surface area contributed by atoms with Gasteiger partial charge in [-0.3, -0.25) is 10.1 Å². The van der Waals surface area contributed by atoms with E-state index in [1.54, 1.807) is 42.5 Å². The highest BCUT2D eigenvalue weighted by molar-refractivity contribution is 6.35. The summed E-state index contributed by atoms with van der Waals surface area (Å²) in [5.74, 6) is 0.00116. The summed E-state index contributed by atoms with van der Waals surface area (Å²) in [5, 5.41) is 7.02. The lowest BCUT2D eigenvalue weighted by molar-refractivity contribution is -0.115. The minimum Gasteiger partial charge on any atom is -0.321 e. The lowest BCUT2D eigenvalue weighted by Crippen LogP contribution is -2.24. The van der Waals surface area contributed by atoms with E-state index in [4.69, 9.17) is 34.8 Å². The van der Waals surface area contributed by atoms with Crippen LogP contribution in [0.5, 0.6) is 0 Å². The van der Waals surface area contributed by atoms with Gasteiger partial charge < -0.3 is 5.32 Å². The van der Waals surface area contributed by atoms with Crippen molar-refractivity contribution in [1.82, 2.24) is 10.6 Å². The molecule has 0 saturated carbocycles. The Labute approximate surface area is 147 Å². The van der Waals surface area contributed by atoms with Crippen molar-refractivity contribution >= 4 is 58.4 Å². The fraction of sp³-hybridized carbons (Fsp3) is 0. The number of hydrogen-bond donors (Lipinski definition) is 2. The summed E-state index contributed by atoms with van der Waals surface area (Å²) in [5.41, 5.74) is 1.57. The largest absolute Gasteiger partial charge is 0.321 e. The number of nitrogens with zero attached hydrogens (tertiary/aromatic N) is 1. The predicted octanol–water partition coefficient (Wildman–Crippen LogP) is 4.39. The van der Waals surface area contributed by atoms with Crippen LogP contribution in [0.15, 0.2) is 53.2 Å². The Kier molecular flexibility index (Phi) is 4.57. The first-order chi connectivity index (χ1) is 11.0. The monoisotopic (exact) mass is 365 g/mol. The van der Waals surface area contributed by atoms with Crippen LogP contribution in [0.2, 0.25) is 15.1 Å². The smallest absolute Gasteiger partial charge is 0.274 e. The van der Waals surface area contributed by atoms with Crippen LogP contribution in [0.1, 0.15) is 5.56 Å². The molecule has 0 aromatic heterocycles. The molecule has 0 bridgehead atoms. The number of hydrogen-bond acceptors (Lipinski definition) is 2. The number of aliphatic imine (C=N–C) groups is 1. The Morgan fingerprint density at radius 1 is 0.957 bits per heavy atom. The van der Waals surface area contributed by atoms with Gasteiger partial charge >= 0.3 is 0 Å². The fourth-order valence-electron chi connectivity index (χ4n) is 1.98. The first-order valence-corrected chi connectivity index (χ1v) is 7.74. The lowest BCUT2D eigenvalue weighted by Gasteiger charge is -2.01. The molecule has 0 unspecified atom stereocenters. The Morgan fingerprint density at radius 3 is 2.48 bits per heavy atom. The molecule has 0 radical (unpaired) electrons. The van der Waals surface area contributed by atoms with E-state index in [-0.39, 0.29) is 5.91 Å². The van der Waals surface area contributed by atoms with E-state index in [1.807, 2.05) is 6.07 Å². The summed E-state index contributed by atoms with van der Waals surface area (Å²) in [4.78, 5) is 16.3. The van der Waals surface area contributed by atoms with Crippen LogP contribution in [0.4, 0.5) is 5.69 Å². The number of nitrogens with one attached hydrogen (secondary N) is 2. The van der Waals surface area contributed by atoms with Crippen LogP contribution in [0.25, 0.3) is 6.08 Å². The average Bonchev–Trinajstić information content (AvgIpc) is 2.84. The number of rotatable bonds is 2. The Balaban J connectivity index is 1.88. The molecular formula is C16H10Cl3N3O.